The van der Waals surface area contributed by atoms with E-state index in [2.05, 4.69) is 11.4 Å². The summed E-state index contributed by atoms with van der Waals surface area (Å²) in [7, 11) is 0. The number of benzene rings is 1. The fraction of sp³-hybridized carbons (Fsp3) is 0.429. The first-order valence-electron chi connectivity index (χ1n) is 6.12. The second kappa shape index (κ2) is 5.19. The number of nitriles is 1. The van der Waals surface area contributed by atoms with E-state index in [1.807, 2.05) is 32.0 Å². The minimum absolute atomic E-state index is 0.00324. The molecule has 18 heavy (non-hydrogen) atoms. The van der Waals surface area contributed by atoms with Crippen molar-refractivity contribution < 1.29 is 4.79 Å². The summed E-state index contributed by atoms with van der Waals surface area (Å²) >= 11 is 0. The van der Waals surface area contributed by atoms with Crippen molar-refractivity contribution in [3.8, 4) is 6.07 Å². The van der Waals surface area contributed by atoms with Crippen LogP contribution >= 0.6 is 0 Å². The van der Waals surface area contributed by atoms with Gasteiger partial charge in [-0.05, 0) is 31.0 Å². The summed E-state index contributed by atoms with van der Waals surface area (Å²) in [6.45, 7) is 5.41. The molecule has 1 unspecified atom stereocenters. The Morgan fingerprint density at radius 1 is 1.50 bits per heavy atom. The Balaban J connectivity index is 2.29. The molecule has 1 atom stereocenters. The topological polar surface area (TPSA) is 56.1 Å². The van der Waals surface area contributed by atoms with Gasteiger partial charge in [-0.1, -0.05) is 12.1 Å². The minimum Gasteiger partial charge on any atom is -0.309 e. The lowest BCUT2D eigenvalue weighted by atomic mass is 10.1. The number of hydrogen-bond acceptors (Lipinski definition) is 3. The Labute approximate surface area is 107 Å². The third-order valence-electron chi connectivity index (χ3n) is 3.24. The zero-order chi connectivity index (χ0) is 13.1. The van der Waals surface area contributed by atoms with Gasteiger partial charge in [-0.3, -0.25) is 4.79 Å². The van der Waals surface area contributed by atoms with E-state index in [1.165, 1.54) is 0 Å². The van der Waals surface area contributed by atoms with Crippen LogP contribution in [0.2, 0.25) is 0 Å². The Bertz CT molecular complexity index is 504. The second-order valence-corrected chi connectivity index (χ2v) is 4.65. The fourth-order valence-electron chi connectivity index (χ4n) is 2.24. The molecular formula is C14H17N3O. The van der Waals surface area contributed by atoms with Gasteiger partial charge in [-0.15, -0.1) is 0 Å². The number of nitrogens with zero attached hydrogens (tertiary/aromatic N) is 2. The molecule has 1 amide bonds. The Morgan fingerprint density at radius 2 is 2.28 bits per heavy atom. The van der Waals surface area contributed by atoms with Gasteiger partial charge in [0.15, 0.2) is 0 Å². The van der Waals surface area contributed by atoms with Gasteiger partial charge >= 0.3 is 0 Å². The average Bonchev–Trinajstić information content (AvgIpc) is 2.35. The zero-order valence-corrected chi connectivity index (χ0v) is 10.7. The van der Waals surface area contributed by atoms with Crippen LogP contribution in [0.15, 0.2) is 18.2 Å². The van der Waals surface area contributed by atoms with Gasteiger partial charge in [0.25, 0.3) is 0 Å². The summed E-state index contributed by atoms with van der Waals surface area (Å²) in [5, 5.41) is 11.8. The molecule has 1 N–H and O–H groups in total. The van der Waals surface area contributed by atoms with E-state index in [0.717, 1.165) is 23.4 Å². The standard InChI is InChI=1S/C14H17N3O/c1-10-3-4-11(2)13(9-10)17-8-7-16-12(5-6-15)14(17)18/h3-4,9,12,16H,5,7-8H2,1-2H3. The van der Waals surface area contributed by atoms with Crippen LogP contribution in [-0.2, 0) is 4.79 Å². The third kappa shape index (κ3) is 2.36. The maximum absolute atomic E-state index is 12.3. The quantitative estimate of drug-likeness (QED) is 0.856. The molecule has 1 fully saturated rings. The van der Waals surface area contributed by atoms with Gasteiger partial charge < -0.3 is 10.2 Å². The number of nitrogens with one attached hydrogen (secondary N) is 1. The maximum Gasteiger partial charge on any atom is 0.245 e. The Hall–Kier alpha value is -1.86. The van der Waals surface area contributed by atoms with E-state index in [4.69, 9.17) is 5.26 Å². The van der Waals surface area contributed by atoms with E-state index < -0.39 is 0 Å². The Kier molecular flexibility index (Phi) is 3.63. The van der Waals surface area contributed by atoms with Crippen molar-refractivity contribution in [2.75, 3.05) is 18.0 Å². The highest BCUT2D eigenvalue weighted by Gasteiger charge is 2.29. The number of aryl methyl sites for hydroxylation is 2. The molecule has 4 nitrogen and oxygen atoms in total. The molecule has 0 aromatic heterocycles. The molecule has 0 bridgehead atoms. The molecule has 0 radical (unpaired) electrons. The molecule has 1 aromatic carbocycles. The highest BCUT2D eigenvalue weighted by molar-refractivity contribution is 5.98. The number of carbonyl (C=O) groups is 1. The average molecular weight is 243 g/mol. The highest BCUT2D eigenvalue weighted by atomic mass is 16.2. The molecule has 0 aliphatic carbocycles. The smallest absolute Gasteiger partial charge is 0.245 e. The minimum atomic E-state index is -0.372. The summed E-state index contributed by atoms with van der Waals surface area (Å²) in [6.07, 6.45) is 0.222. The molecule has 0 saturated carbocycles. The van der Waals surface area contributed by atoms with E-state index >= 15 is 0 Å². The fourth-order valence-corrected chi connectivity index (χ4v) is 2.24. The number of rotatable bonds is 2. The zero-order valence-electron chi connectivity index (χ0n) is 10.7. The molecule has 2 rings (SSSR count). The third-order valence-corrected chi connectivity index (χ3v) is 3.24. The maximum atomic E-state index is 12.3. The SMILES string of the molecule is Cc1ccc(C)c(N2CCNC(CC#N)C2=O)c1. The van der Waals surface area contributed by atoms with E-state index in [9.17, 15) is 4.79 Å². The lowest BCUT2D eigenvalue weighted by molar-refractivity contribution is -0.121. The summed E-state index contributed by atoms with van der Waals surface area (Å²) < 4.78 is 0. The van der Waals surface area contributed by atoms with Gasteiger partial charge in [0.05, 0.1) is 12.5 Å². The van der Waals surface area contributed by atoms with Crippen molar-refractivity contribution >= 4 is 11.6 Å². The summed E-state index contributed by atoms with van der Waals surface area (Å²) in [6, 6.07) is 7.78. The highest BCUT2D eigenvalue weighted by Crippen LogP contribution is 2.23. The lowest BCUT2D eigenvalue weighted by Gasteiger charge is -2.33. The normalized spacial score (nSPS) is 19.7. The first-order chi connectivity index (χ1) is 8.63. The van der Waals surface area contributed by atoms with Crippen molar-refractivity contribution in [3.05, 3.63) is 29.3 Å². The summed E-state index contributed by atoms with van der Waals surface area (Å²) in [5.41, 5.74) is 3.19. The number of hydrogen-bond donors (Lipinski definition) is 1. The van der Waals surface area contributed by atoms with Crippen molar-refractivity contribution in [2.45, 2.75) is 26.3 Å². The number of amides is 1. The first kappa shape index (κ1) is 12.6. The molecule has 1 saturated heterocycles. The number of piperazine rings is 1. The molecular weight excluding hydrogens is 226 g/mol. The monoisotopic (exact) mass is 243 g/mol. The molecule has 4 heteroatoms. The predicted octanol–water partition coefficient (Wildman–Crippen LogP) is 1.52. The largest absolute Gasteiger partial charge is 0.309 e. The second-order valence-electron chi connectivity index (χ2n) is 4.65. The molecule has 1 aromatic rings. The van der Waals surface area contributed by atoms with Gasteiger partial charge in [0.1, 0.15) is 6.04 Å². The van der Waals surface area contributed by atoms with Gasteiger partial charge in [-0.25, -0.2) is 0 Å². The van der Waals surface area contributed by atoms with Crippen molar-refractivity contribution in [3.63, 3.8) is 0 Å². The lowest BCUT2D eigenvalue weighted by Crippen LogP contribution is -2.55. The number of carbonyl (C=O) groups excluding carboxylic acids is 1. The van der Waals surface area contributed by atoms with E-state index in [-0.39, 0.29) is 18.4 Å². The van der Waals surface area contributed by atoms with Crippen LogP contribution in [0.3, 0.4) is 0 Å². The van der Waals surface area contributed by atoms with Gasteiger partial charge in [0, 0.05) is 18.8 Å². The molecule has 0 spiro atoms. The van der Waals surface area contributed by atoms with Crippen LogP contribution in [0.25, 0.3) is 0 Å². The van der Waals surface area contributed by atoms with Crippen LogP contribution in [-0.4, -0.2) is 25.0 Å². The molecule has 94 valence electrons. The van der Waals surface area contributed by atoms with Crippen LogP contribution in [0.4, 0.5) is 5.69 Å². The van der Waals surface area contributed by atoms with Crippen LogP contribution < -0.4 is 10.2 Å². The van der Waals surface area contributed by atoms with Crippen LogP contribution in [0, 0.1) is 25.2 Å². The van der Waals surface area contributed by atoms with E-state index in [0.29, 0.717) is 6.54 Å². The molecule has 1 aliphatic heterocycles. The van der Waals surface area contributed by atoms with Crippen molar-refractivity contribution in [1.29, 1.82) is 5.26 Å². The Morgan fingerprint density at radius 3 is 3.00 bits per heavy atom. The van der Waals surface area contributed by atoms with E-state index in [1.54, 1.807) is 4.90 Å². The summed E-state index contributed by atoms with van der Waals surface area (Å²) in [4.78, 5) is 14.1. The molecule has 1 heterocycles. The van der Waals surface area contributed by atoms with Crippen molar-refractivity contribution in [1.82, 2.24) is 5.32 Å². The van der Waals surface area contributed by atoms with Crippen LogP contribution in [0.1, 0.15) is 17.5 Å². The predicted molar refractivity (Wildman–Crippen MR) is 70.3 cm³/mol. The number of anilines is 1. The summed E-state index contributed by atoms with van der Waals surface area (Å²) in [5.74, 6) is -0.00324. The van der Waals surface area contributed by atoms with Gasteiger partial charge in [0.2, 0.25) is 5.91 Å². The first-order valence-corrected chi connectivity index (χ1v) is 6.12. The van der Waals surface area contributed by atoms with Crippen LogP contribution in [0.5, 0.6) is 0 Å². The molecule has 1 aliphatic rings. The van der Waals surface area contributed by atoms with Gasteiger partial charge in [-0.2, -0.15) is 5.26 Å². The van der Waals surface area contributed by atoms with Crippen molar-refractivity contribution in [2.24, 2.45) is 0 Å².